The molecule has 2 aromatic carbocycles. The van der Waals surface area contributed by atoms with E-state index in [1.807, 2.05) is 68.4 Å². The van der Waals surface area contributed by atoms with Crippen LogP contribution in [0.25, 0.3) is 11.0 Å². The molecule has 1 N–H and O–H groups in total. The lowest BCUT2D eigenvalue weighted by atomic mass is 10.1. The fourth-order valence-corrected chi connectivity index (χ4v) is 3.66. The number of halogens is 1. The molecule has 5 nitrogen and oxygen atoms in total. The van der Waals surface area contributed by atoms with Crippen molar-refractivity contribution in [2.24, 2.45) is 0 Å². The van der Waals surface area contributed by atoms with Crippen molar-refractivity contribution in [3.8, 4) is 0 Å². The number of carbonyl (C=O) groups is 1. The lowest BCUT2D eigenvalue weighted by Crippen LogP contribution is -2.27. The molecule has 1 atom stereocenters. The van der Waals surface area contributed by atoms with Gasteiger partial charge in [-0.1, -0.05) is 59.6 Å². The number of rotatable bonds is 5. The highest BCUT2D eigenvalue weighted by molar-refractivity contribution is 6.33. The normalized spacial score (nSPS) is 12.3. The average molecular weight is 408 g/mol. The van der Waals surface area contributed by atoms with Crippen LogP contribution >= 0.6 is 11.6 Å². The number of para-hydroxylation sites is 1. The highest BCUT2D eigenvalue weighted by Crippen LogP contribution is 2.25. The Morgan fingerprint density at radius 1 is 1.17 bits per heavy atom. The Morgan fingerprint density at radius 3 is 2.62 bits per heavy atom. The number of aryl methyl sites for hydroxylation is 2. The van der Waals surface area contributed by atoms with Gasteiger partial charge in [0.2, 0.25) is 0 Å². The minimum atomic E-state index is -0.300. The number of nitrogens with one attached hydrogen (secondary N) is 1. The first-order valence-electron chi connectivity index (χ1n) is 9.50. The zero-order chi connectivity index (χ0) is 20.5. The first-order chi connectivity index (χ1) is 13.9. The Morgan fingerprint density at radius 2 is 1.90 bits per heavy atom. The summed E-state index contributed by atoms with van der Waals surface area (Å²) in [6.07, 6.45) is 0. The molecule has 0 aliphatic rings. The highest BCUT2D eigenvalue weighted by Gasteiger charge is 2.23. The monoisotopic (exact) mass is 407 g/mol. The zero-order valence-corrected chi connectivity index (χ0v) is 17.3. The molecule has 0 unspecified atom stereocenters. The van der Waals surface area contributed by atoms with Gasteiger partial charge in [0.1, 0.15) is 16.5 Å². The number of aromatic nitrogens is 2. The van der Waals surface area contributed by atoms with Crippen LogP contribution in [0, 0.1) is 13.8 Å². The lowest BCUT2D eigenvalue weighted by Gasteiger charge is -2.11. The van der Waals surface area contributed by atoms with Gasteiger partial charge in [-0.15, -0.1) is 0 Å². The second-order valence-electron chi connectivity index (χ2n) is 7.28. The summed E-state index contributed by atoms with van der Waals surface area (Å²) in [6.45, 7) is 6.22. The standard InChI is InChI=1S/C23H22ClN3O2/c1-14-8-10-17(11-9-14)13-27-22(24)21(16(3)26-27)23(28)25-15(2)20-12-18-6-4-5-7-19(18)29-20/h4-12,15H,13H2,1-3H3,(H,25,28)/t15-/m1/s1. The summed E-state index contributed by atoms with van der Waals surface area (Å²) in [5.41, 5.74) is 4.04. The first-order valence-corrected chi connectivity index (χ1v) is 9.88. The largest absolute Gasteiger partial charge is 0.459 e. The molecule has 2 aromatic heterocycles. The maximum Gasteiger partial charge on any atom is 0.256 e. The van der Waals surface area contributed by atoms with Gasteiger partial charge in [-0.2, -0.15) is 5.10 Å². The molecule has 2 heterocycles. The Hall–Kier alpha value is -3.05. The number of hydrogen-bond acceptors (Lipinski definition) is 3. The van der Waals surface area contributed by atoms with Crippen molar-refractivity contribution in [3.05, 3.63) is 87.9 Å². The van der Waals surface area contributed by atoms with E-state index in [2.05, 4.69) is 10.4 Å². The van der Waals surface area contributed by atoms with E-state index in [1.54, 1.807) is 11.6 Å². The predicted octanol–water partition coefficient (Wildman–Crippen LogP) is 5.44. The van der Waals surface area contributed by atoms with Crippen molar-refractivity contribution in [1.82, 2.24) is 15.1 Å². The highest BCUT2D eigenvalue weighted by atomic mass is 35.5. The molecular formula is C23H22ClN3O2. The summed E-state index contributed by atoms with van der Waals surface area (Å²) in [5.74, 6) is 0.427. The molecule has 0 radical (unpaired) electrons. The van der Waals surface area contributed by atoms with E-state index >= 15 is 0 Å². The lowest BCUT2D eigenvalue weighted by molar-refractivity contribution is 0.0935. The molecule has 0 bridgehead atoms. The second-order valence-corrected chi connectivity index (χ2v) is 7.63. The SMILES string of the molecule is Cc1ccc(Cn2nc(C)c(C(=O)N[C@H](C)c3cc4ccccc4o3)c2Cl)cc1. The van der Waals surface area contributed by atoms with E-state index in [0.29, 0.717) is 28.7 Å². The van der Waals surface area contributed by atoms with Crippen molar-refractivity contribution in [1.29, 1.82) is 0 Å². The average Bonchev–Trinajstić information content (AvgIpc) is 3.24. The molecule has 1 amide bonds. The topological polar surface area (TPSA) is 60.1 Å². The number of hydrogen-bond donors (Lipinski definition) is 1. The second kappa shape index (κ2) is 7.76. The predicted molar refractivity (Wildman–Crippen MR) is 114 cm³/mol. The van der Waals surface area contributed by atoms with Crippen molar-refractivity contribution < 1.29 is 9.21 Å². The first kappa shape index (κ1) is 19.3. The van der Waals surface area contributed by atoms with Gasteiger partial charge in [-0.25, -0.2) is 4.68 Å². The fraction of sp³-hybridized carbons (Fsp3) is 0.217. The Balaban J connectivity index is 1.53. The summed E-state index contributed by atoms with van der Waals surface area (Å²) >= 11 is 6.52. The van der Waals surface area contributed by atoms with Crippen molar-refractivity contribution >= 4 is 28.5 Å². The third kappa shape index (κ3) is 3.91. The maximum atomic E-state index is 12.9. The molecule has 4 aromatic rings. The van der Waals surface area contributed by atoms with Gasteiger partial charge in [-0.3, -0.25) is 4.79 Å². The van der Waals surface area contributed by atoms with Gasteiger partial charge in [0.05, 0.1) is 23.8 Å². The number of nitrogens with zero attached hydrogens (tertiary/aromatic N) is 2. The van der Waals surface area contributed by atoms with Crippen LogP contribution in [0.4, 0.5) is 0 Å². The van der Waals surface area contributed by atoms with Crippen LogP contribution in [-0.2, 0) is 6.54 Å². The minimum absolute atomic E-state index is 0.268. The summed E-state index contributed by atoms with van der Waals surface area (Å²) in [5, 5.41) is 8.77. The minimum Gasteiger partial charge on any atom is -0.459 e. The summed E-state index contributed by atoms with van der Waals surface area (Å²) in [4.78, 5) is 12.9. The third-order valence-corrected chi connectivity index (χ3v) is 5.35. The van der Waals surface area contributed by atoms with Crippen LogP contribution in [-0.4, -0.2) is 15.7 Å². The molecule has 0 aliphatic carbocycles. The summed E-state index contributed by atoms with van der Waals surface area (Å²) in [6, 6.07) is 17.6. The van der Waals surface area contributed by atoms with E-state index in [1.165, 1.54) is 5.56 Å². The van der Waals surface area contributed by atoms with E-state index in [0.717, 1.165) is 16.5 Å². The summed E-state index contributed by atoms with van der Waals surface area (Å²) in [7, 11) is 0. The zero-order valence-electron chi connectivity index (χ0n) is 16.6. The molecular weight excluding hydrogens is 386 g/mol. The Labute approximate surface area is 174 Å². The van der Waals surface area contributed by atoms with E-state index < -0.39 is 0 Å². The van der Waals surface area contributed by atoms with Gasteiger partial charge >= 0.3 is 0 Å². The van der Waals surface area contributed by atoms with Crippen LogP contribution in [0.15, 0.2) is 59.0 Å². The Kier molecular flexibility index (Phi) is 5.16. The van der Waals surface area contributed by atoms with Gasteiger partial charge in [0.15, 0.2) is 0 Å². The fourth-order valence-electron chi connectivity index (χ4n) is 3.34. The molecule has 0 spiro atoms. The van der Waals surface area contributed by atoms with E-state index in [9.17, 15) is 4.79 Å². The Bertz CT molecular complexity index is 1140. The smallest absolute Gasteiger partial charge is 0.256 e. The van der Waals surface area contributed by atoms with Crippen LogP contribution in [0.3, 0.4) is 0 Å². The molecule has 0 saturated carbocycles. The van der Waals surface area contributed by atoms with Gasteiger partial charge in [-0.05, 0) is 38.5 Å². The van der Waals surface area contributed by atoms with Crippen LogP contribution in [0.5, 0.6) is 0 Å². The third-order valence-electron chi connectivity index (χ3n) is 4.96. The number of carbonyl (C=O) groups excluding carboxylic acids is 1. The van der Waals surface area contributed by atoms with Gasteiger partial charge < -0.3 is 9.73 Å². The van der Waals surface area contributed by atoms with Gasteiger partial charge in [0, 0.05) is 5.39 Å². The van der Waals surface area contributed by atoms with Crippen LogP contribution < -0.4 is 5.32 Å². The maximum absolute atomic E-state index is 12.9. The molecule has 0 aliphatic heterocycles. The summed E-state index contributed by atoms with van der Waals surface area (Å²) < 4.78 is 7.51. The molecule has 0 saturated heterocycles. The van der Waals surface area contributed by atoms with Crippen molar-refractivity contribution in [3.63, 3.8) is 0 Å². The number of fused-ring (bicyclic) bond motifs is 1. The number of benzene rings is 2. The molecule has 6 heteroatoms. The van der Waals surface area contributed by atoms with E-state index in [4.69, 9.17) is 16.0 Å². The van der Waals surface area contributed by atoms with Crippen LogP contribution in [0.2, 0.25) is 5.15 Å². The van der Waals surface area contributed by atoms with Crippen LogP contribution in [0.1, 0.15) is 45.9 Å². The quantitative estimate of drug-likeness (QED) is 0.479. The van der Waals surface area contributed by atoms with Crippen molar-refractivity contribution in [2.45, 2.75) is 33.4 Å². The van der Waals surface area contributed by atoms with E-state index in [-0.39, 0.29) is 11.9 Å². The molecule has 0 fully saturated rings. The molecule has 29 heavy (non-hydrogen) atoms. The number of furan rings is 1. The molecule has 148 valence electrons. The van der Waals surface area contributed by atoms with Crippen molar-refractivity contribution in [2.75, 3.05) is 0 Å². The molecule has 4 rings (SSSR count). The number of amides is 1. The van der Waals surface area contributed by atoms with Gasteiger partial charge in [0.25, 0.3) is 5.91 Å².